The Kier molecular flexibility index (Phi) is 7.80. The Hall–Kier alpha value is -2.84. The molecule has 0 aliphatic carbocycles. The van der Waals surface area contributed by atoms with Crippen LogP contribution < -0.4 is 4.90 Å². The zero-order valence-corrected chi connectivity index (χ0v) is 23.6. The maximum absolute atomic E-state index is 14.7. The summed E-state index contributed by atoms with van der Waals surface area (Å²) in [5.74, 6) is -1.75. The van der Waals surface area contributed by atoms with Gasteiger partial charge in [-0.15, -0.1) is 18.3 Å². The van der Waals surface area contributed by atoms with Crippen molar-refractivity contribution in [3.63, 3.8) is 0 Å². The van der Waals surface area contributed by atoms with E-state index in [1.54, 1.807) is 34.6 Å². The van der Waals surface area contributed by atoms with Gasteiger partial charge in [0, 0.05) is 30.1 Å². The van der Waals surface area contributed by atoms with Gasteiger partial charge in [0.15, 0.2) is 0 Å². The fourth-order valence-electron chi connectivity index (χ4n) is 7.05. The number of nitrogens with zero attached hydrogens (tertiary/aromatic N) is 2. The van der Waals surface area contributed by atoms with Crippen LogP contribution >= 0.6 is 11.8 Å². The van der Waals surface area contributed by atoms with Crippen LogP contribution in [0.4, 0.5) is 5.69 Å². The van der Waals surface area contributed by atoms with Gasteiger partial charge in [-0.1, -0.05) is 36.4 Å². The molecule has 7 nitrogen and oxygen atoms in total. The second kappa shape index (κ2) is 11.0. The number of amides is 2. The number of aliphatic hydroxyl groups excluding tert-OH is 1. The monoisotopic (exact) mass is 550 g/mol. The lowest BCUT2D eigenvalue weighted by Crippen LogP contribution is -2.55. The van der Waals surface area contributed by atoms with Crippen molar-refractivity contribution in [1.82, 2.24) is 4.90 Å². The minimum absolute atomic E-state index is 0.0943. The SMILES string of the molecule is C=CCN(C(=O)C1N(CCCCCO)C(=O)[C@@H]2[C@H](C(=O)OCC)[C@]3(C)CCC12S3)c1ccc2ccccc2c1. The van der Waals surface area contributed by atoms with E-state index in [9.17, 15) is 19.5 Å². The number of fused-ring (bicyclic) bond motifs is 2. The van der Waals surface area contributed by atoms with E-state index in [-0.39, 0.29) is 31.0 Å². The third-order valence-corrected chi connectivity index (χ3v) is 10.7. The van der Waals surface area contributed by atoms with Gasteiger partial charge < -0.3 is 19.6 Å². The first kappa shape index (κ1) is 27.7. The summed E-state index contributed by atoms with van der Waals surface area (Å²) in [4.78, 5) is 45.6. The van der Waals surface area contributed by atoms with Crippen molar-refractivity contribution in [3.05, 3.63) is 55.1 Å². The van der Waals surface area contributed by atoms with E-state index in [1.165, 1.54) is 0 Å². The van der Waals surface area contributed by atoms with Crippen LogP contribution in [0.3, 0.4) is 0 Å². The number of carbonyl (C=O) groups is 3. The molecule has 0 radical (unpaired) electrons. The third-order valence-electron chi connectivity index (χ3n) is 8.73. The van der Waals surface area contributed by atoms with E-state index in [0.717, 1.165) is 29.3 Å². The minimum Gasteiger partial charge on any atom is -0.466 e. The van der Waals surface area contributed by atoms with Crippen molar-refractivity contribution in [2.75, 3.05) is 31.2 Å². The Morgan fingerprint density at radius 3 is 2.67 bits per heavy atom. The number of esters is 1. The highest BCUT2D eigenvalue weighted by Gasteiger charge is 2.77. The Balaban J connectivity index is 1.56. The van der Waals surface area contributed by atoms with E-state index in [2.05, 4.69) is 13.5 Å². The van der Waals surface area contributed by atoms with Gasteiger partial charge in [-0.25, -0.2) is 0 Å². The molecular weight excluding hydrogens is 512 g/mol. The molecule has 2 amide bonds. The van der Waals surface area contributed by atoms with Crippen molar-refractivity contribution in [2.45, 2.75) is 61.5 Å². The van der Waals surface area contributed by atoms with Crippen LogP contribution in [0.15, 0.2) is 55.1 Å². The topological polar surface area (TPSA) is 87.2 Å². The number of thioether (sulfide) groups is 1. The first-order chi connectivity index (χ1) is 18.8. The zero-order chi connectivity index (χ0) is 27.8. The summed E-state index contributed by atoms with van der Waals surface area (Å²) in [5.41, 5.74) is 0.761. The number of likely N-dealkylation sites (tertiary alicyclic amines) is 1. The molecule has 2 aromatic rings. The van der Waals surface area contributed by atoms with Crippen LogP contribution in [0.25, 0.3) is 10.8 Å². The first-order valence-electron chi connectivity index (χ1n) is 14.0. The van der Waals surface area contributed by atoms with Gasteiger partial charge in [0.1, 0.15) is 6.04 Å². The fourth-order valence-corrected chi connectivity index (χ4v) is 9.39. The van der Waals surface area contributed by atoms with Crippen molar-refractivity contribution in [1.29, 1.82) is 0 Å². The molecule has 8 heteroatoms. The van der Waals surface area contributed by atoms with Crippen LogP contribution in [-0.2, 0) is 19.1 Å². The minimum atomic E-state index is -0.693. The summed E-state index contributed by atoms with van der Waals surface area (Å²) in [5, 5.41) is 11.4. The van der Waals surface area contributed by atoms with Gasteiger partial charge in [-0.3, -0.25) is 14.4 Å². The number of rotatable bonds is 11. The summed E-state index contributed by atoms with van der Waals surface area (Å²) in [6, 6.07) is 13.3. The fraction of sp³-hybridized carbons (Fsp3) is 0.516. The maximum atomic E-state index is 14.7. The van der Waals surface area contributed by atoms with Crippen LogP contribution in [0.1, 0.15) is 46.0 Å². The molecule has 2 unspecified atom stereocenters. The zero-order valence-electron chi connectivity index (χ0n) is 22.8. The molecule has 2 bridgehead atoms. The Morgan fingerprint density at radius 1 is 1.18 bits per heavy atom. The third kappa shape index (κ3) is 4.55. The molecule has 39 heavy (non-hydrogen) atoms. The van der Waals surface area contributed by atoms with Gasteiger partial charge in [-0.05, 0) is 68.9 Å². The average molecular weight is 551 g/mol. The van der Waals surface area contributed by atoms with E-state index in [4.69, 9.17) is 4.74 Å². The molecular formula is C31H38N2O5S. The number of hydrogen-bond donors (Lipinski definition) is 1. The van der Waals surface area contributed by atoms with Gasteiger partial charge in [-0.2, -0.15) is 0 Å². The van der Waals surface area contributed by atoms with E-state index >= 15 is 0 Å². The smallest absolute Gasteiger partial charge is 0.311 e. The van der Waals surface area contributed by atoms with E-state index in [1.807, 2.05) is 42.5 Å². The number of ether oxygens (including phenoxy) is 1. The standard InChI is InChI=1S/C31H38N2O5S/c1-4-17-32(23-14-13-21-11-7-8-12-22(21)20-23)28(36)26-31-16-15-30(3,39-31)25(29(37)38-5-2)24(31)27(35)33(26)18-9-6-10-19-34/h4,7-8,11-14,20,24-26,34H,1,5-6,9-10,15-19H2,2-3H3/t24-,25+,26?,30-,31?/m0/s1. The van der Waals surface area contributed by atoms with Crippen molar-refractivity contribution in [3.8, 4) is 0 Å². The van der Waals surface area contributed by atoms with Crippen LogP contribution in [0, 0.1) is 11.8 Å². The molecule has 3 fully saturated rings. The van der Waals surface area contributed by atoms with Crippen LogP contribution in [0.2, 0.25) is 0 Å². The largest absolute Gasteiger partial charge is 0.466 e. The lowest BCUT2D eigenvalue weighted by molar-refractivity contribution is -0.155. The van der Waals surface area contributed by atoms with Gasteiger partial charge >= 0.3 is 5.97 Å². The highest BCUT2D eigenvalue weighted by atomic mass is 32.2. The molecule has 5 atom stereocenters. The second-order valence-electron chi connectivity index (χ2n) is 11.1. The molecule has 208 valence electrons. The first-order valence-corrected chi connectivity index (χ1v) is 14.8. The average Bonchev–Trinajstić information content (AvgIpc) is 3.50. The molecule has 1 spiro atoms. The lowest BCUT2D eigenvalue weighted by Gasteiger charge is -2.37. The van der Waals surface area contributed by atoms with Crippen LogP contribution in [-0.4, -0.2) is 69.6 Å². The van der Waals surface area contributed by atoms with Crippen LogP contribution in [0.5, 0.6) is 0 Å². The van der Waals surface area contributed by atoms with Gasteiger partial charge in [0.05, 0.1) is 23.2 Å². The number of unbranched alkanes of at least 4 members (excludes halogenated alkanes) is 2. The van der Waals surface area contributed by atoms with Crippen molar-refractivity contribution < 1.29 is 24.2 Å². The Bertz CT molecular complexity index is 1280. The Labute approximate surface area is 234 Å². The lowest BCUT2D eigenvalue weighted by atomic mass is 9.66. The summed E-state index contributed by atoms with van der Waals surface area (Å²) >= 11 is 1.66. The van der Waals surface area contributed by atoms with Crippen molar-refractivity contribution in [2.24, 2.45) is 11.8 Å². The van der Waals surface area contributed by atoms with E-state index < -0.39 is 27.4 Å². The summed E-state index contributed by atoms with van der Waals surface area (Å²) in [6.07, 6.45) is 5.25. The summed E-state index contributed by atoms with van der Waals surface area (Å²) in [6.45, 7) is 8.83. The second-order valence-corrected chi connectivity index (χ2v) is 13.0. The molecule has 3 aliphatic rings. The number of benzene rings is 2. The molecule has 1 N–H and O–H groups in total. The molecule has 3 saturated heterocycles. The predicted molar refractivity (Wildman–Crippen MR) is 155 cm³/mol. The molecule has 2 aromatic carbocycles. The highest BCUT2D eigenvalue weighted by Crippen LogP contribution is 2.71. The van der Waals surface area contributed by atoms with Crippen molar-refractivity contribution >= 4 is 46.0 Å². The Morgan fingerprint density at radius 2 is 1.95 bits per heavy atom. The highest BCUT2D eigenvalue weighted by molar-refractivity contribution is 8.02. The molecule has 3 aliphatic heterocycles. The maximum Gasteiger partial charge on any atom is 0.311 e. The molecule has 0 aromatic heterocycles. The molecule has 3 heterocycles. The number of hydrogen-bond acceptors (Lipinski definition) is 6. The molecule has 0 saturated carbocycles. The van der Waals surface area contributed by atoms with E-state index in [0.29, 0.717) is 32.4 Å². The molecule has 5 rings (SSSR count). The summed E-state index contributed by atoms with van der Waals surface area (Å²) in [7, 11) is 0. The summed E-state index contributed by atoms with van der Waals surface area (Å²) < 4.78 is 4.35. The van der Waals surface area contributed by atoms with Gasteiger partial charge in [0.2, 0.25) is 5.91 Å². The quantitative estimate of drug-likeness (QED) is 0.251. The normalized spacial score (nSPS) is 29.1. The number of anilines is 1. The predicted octanol–water partition coefficient (Wildman–Crippen LogP) is 4.57. The number of carbonyl (C=O) groups excluding carboxylic acids is 3. The number of aliphatic hydroxyl groups is 1. The van der Waals surface area contributed by atoms with Gasteiger partial charge in [0.25, 0.3) is 5.91 Å².